The molecule has 0 spiro atoms. The van der Waals surface area contributed by atoms with Gasteiger partial charge >= 0.3 is 0 Å². The summed E-state index contributed by atoms with van der Waals surface area (Å²) in [5, 5.41) is 0.980. The molecule has 3 aromatic rings. The van der Waals surface area contributed by atoms with E-state index in [1.807, 2.05) is 36.5 Å². The van der Waals surface area contributed by atoms with Gasteiger partial charge in [-0.15, -0.1) is 0 Å². The van der Waals surface area contributed by atoms with E-state index in [9.17, 15) is 8.42 Å². The molecule has 2 N–H and O–H groups in total. The summed E-state index contributed by atoms with van der Waals surface area (Å²) in [5.41, 5.74) is 3.76. The Morgan fingerprint density at radius 1 is 1.19 bits per heavy atom. The summed E-state index contributed by atoms with van der Waals surface area (Å²) in [6.07, 6.45) is 8.43. The van der Waals surface area contributed by atoms with Crippen molar-refractivity contribution in [2.75, 3.05) is 33.0 Å². The van der Waals surface area contributed by atoms with Crippen molar-refractivity contribution in [1.29, 1.82) is 0 Å². The minimum atomic E-state index is -3.21. The smallest absolute Gasteiger partial charge is 0.209 e. The fraction of sp³-hybridized carbons (Fsp3) is 0.435. The molecule has 1 aliphatic heterocycles. The number of ether oxygens (including phenoxy) is 1. The van der Waals surface area contributed by atoms with Gasteiger partial charge in [-0.05, 0) is 62.5 Å². The Kier molecular flexibility index (Phi) is 6.60. The fourth-order valence-corrected chi connectivity index (χ4v) is 4.51. The molecule has 0 saturated carbocycles. The molecule has 7 nitrogen and oxygen atoms in total. The summed E-state index contributed by atoms with van der Waals surface area (Å²) < 4.78 is 31.3. The van der Waals surface area contributed by atoms with E-state index in [1.165, 1.54) is 25.9 Å². The zero-order chi connectivity index (χ0) is 21.8. The lowest BCUT2D eigenvalue weighted by molar-refractivity contribution is 0.188. The summed E-state index contributed by atoms with van der Waals surface area (Å²) >= 11 is 0. The standard InChI is InChI=1S/C23H30N4O3S/c1-27-12-8-17(9-13-27)10-14-30-21-7-11-24-23-22(21)20(16-25-23)19-5-3-18(4-6-19)15-26-31(2,28)29/h3-7,11,16-17,26H,8-10,12-15H2,1-2H3,(H,24,25). The molecule has 1 fully saturated rings. The Morgan fingerprint density at radius 2 is 1.94 bits per heavy atom. The van der Waals surface area contributed by atoms with Gasteiger partial charge in [-0.2, -0.15) is 0 Å². The van der Waals surface area contributed by atoms with E-state index in [1.54, 1.807) is 6.20 Å². The van der Waals surface area contributed by atoms with E-state index < -0.39 is 10.0 Å². The van der Waals surface area contributed by atoms with Gasteiger partial charge in [-0.1, -0.05) is 24.3 Å². The van der Waals surface area contributed by atoms with Crippen molar-refractivity contribution in [3.8, 4) is 16.9 Å². The number of nitrogens with one attached hydrogen (secondary N) is 2. The van der Waals surface area contributed by atoms with Crippen LogP contribution in [0.15, 0.2) is 42.7 Å². The number of fused-ring (bicyclic) bond motifs is 1. The van der Waals surface area contributed by atoms with Crippen LogP contribution in [0, 0.1) is 5.92 Å². The number of aromatic amines is 1. The van der Waals surface area contributed by atoms with Crippen molar-refractivity contribution in [2.24, 2.45) is 5.92 Å². The van der Waals surface area contributed by atoms with E-state index in [0.29, 0.717) is 6.61 Å². The molecule has 4 rings (SSSR count). The lowest BCUT2D eigenvalue weighted by atomic mass is 9.94. The molecule has 0 unspecified atom stereocenters. The SMILES string of the molecule is CN1CCC(CCOc2ccnc3[nH]cc(-c4ccc(CNS(C)(=O)=O)cc4)c23)CC1. The molecule has 2 aromatic heterocycles. The average molecular weight is 443 g/mol. The summed E-state index contributed by atoms with van der Waals surface area (Å²) in [7, 11) is -1.03. The molecule has 1 aliphatic rings. The third-order valence-electron chi connectivity index (χ3n) is 5.96. The number of H-pyrrole nitrogens is 1. The molecule has 0 atom stereocenters. The van der Waals surface area contributed by atoms with Gasteiger partial charge in [0.2, 0.25) is 10.0 Å². The molecular formula is C23H30N4O3S. The van der Waals surface area contributed by atoms with Crippen molar-refractivity contribution in [1.82, 2.24) is 19.6 Å². The highest BCUT2D eigenvalue weighted by Gasteiger charge is 2.17. The number of sulfonamides is 1. The van der Waals surface area contributed by atoms with Gasteiger partial charge in [0.1, 0.15) is 11.4 Å². The van der Waals surface area contributed by atoms with Gasteiger partial charge < -0.3 is 14.6 Å². The van der Waals surface area contributed by atoms with E-state index >= 15 is 0 Å². The van der Waals surface area contributed by atoms with Gasteiger partial charge in [0.05, 0.1) is 18.2 Å². The van der Waals surface area contributed by atoms with Gasteiger partial charge in [-0.3, -0.25) is 0 Å². The number of hydrogen-bond acceptors (Lipinski definition) is 5. The molecule has 166 valence electrons. The molecule has 1 aromatic carbocycles. The van der Waals surface area contributed by atoms with Gasteiger partial charge in [0, 0.05) is 24.5 Å². The normalized spacial score (nSPS) is 16.1. The second kappa shape index (κ2) is 9.38. The number of aromatic nitrogens is 2. The maximum atomic E-state index is 11.3. The second-order valence-electron chi connectivity index (χ2n) is 8.41. The molecule has 0 amide bonds. The highest BCUT2D eigenvalue weighted by molar-refractivity contribution is 7.88. The highest BCUT2D eigenvalue weighted by Crippen LogP contribution is 2.34. The summed E-state index contributed by atoms with van der Waals surface area (Å²) in [6.45, 7) is 3.32. The first kappa shape index (κ1) is 21.8. The molecule has 0 radical (unpaired) electrons. The zero-order valence-electron chi connectivity index (χ0n) is 18.1. The number of benzene rings is 1. The quantitative estimate of drug-likeness (QED) is 0.558. The van der Waals surface area contributed by atoms with Crippen LogP contribution in [-0.4, -0.2) is 56.3 Å². The Balaban J connectivity index is 1.47. The lowest BCUT2D eigenvalue weighted by Crippen LogP contribution is -2.30. The molecule has 31 heavy (non-hydrogen) atoms. The molecule has 0 bridgehead atoms. The predicted octanol–water partition coefficient (Wildman–Crippen LogP) is 3.39. The largest absolute Gasteiger partial charge is 0.493 e. The van der Waals surface area contributed by atoms with Crippen LogP contribution in [0.1, 0.15) is 24.8 Å². The van der Waals surface area contributed by atoms with E-state index in [0.717, 1.165) is 52.1 Å². The van der Waals surface area contributed by atoms with Crippen LogP contribution in [0.4, 0.5) is 0 Å². The van der Waals surface area contributed by atoms with Crippen molar-refractivity contribution in [3.63, 3.8) is 0 Å². The van der Waals surface area contributed by atoms with E-state index in [-0.39, 0.29) is 6.54 Å². The van der Waals surface area contributed by atoms with Crippen LogP contribution < -0.4 is 9.46 Å². The van der Waals surface area contributed by atoms with Gasteiger partial charge in [-0.25, -0.2) is 18.1 Å². The second-order valence-corrected chi connectivity index (χ2v) is 10.2. The third kappa shape index (κ3) is 5.64. The Hall–Kier alpha value is -2.42. The van der Waals surface area contributed by atoms with Crippen LogP contribution >= 0.6 is 0 Å². The fourth-order valence-electron chi connectivity index (χ4n) is 4.08. The monoisotopic (exact) mass is 442 g/mol. The number of pyridine rings is 1. The molecule has 0 aliphatic carbocycles. The molecule has 3 heterocycles. The van der Waals surface area contributed by atoms with Crippen molar-refractivity contribution in [2.45, 2.75) is 25.8 Å². The van der Waals surface area contributed by atoms with Crippen molar-refractivity contribution < 1.29 is 13.2 Å². The first-order valence-corrected chi connectivity index (χ1v) is 12.6. The topological polar surface area (TPSA) is 87.3 Å². The van der Waals surface area contributed by atoms with Crippen LogP contribution in [0.3, 0.4) is 0 Å². The minimum absolute atomic E-state index is 0.278. The Labute approximate surface area is 183 Å². The van der Waals surface area contributed by atoms with Crippen LogP contribution in [0.5, 0.6) is 5.75 Å². The highest BCUT2D eigenvalue weighted by atomic mass is 32.2. The van der Waals surface area contributed by atoms with E-state index in [4.69, 9.17) is 4.74 Å². The van der Waals surface area contributed by atoms with Crippen molar-refractivity contribution >= 4 is 21.1 Å². The Morgan fingerprint density at radius 3 is 2.65 bits per heavy atom. The number of piperidine rings is 1. The first-order chi connectivity index (χ1) is 14.9. The predicted molar refractivity (Wildman–Crippen MR) is 124 cm³/mol. The zero-order valence-corrected chi connectivity index (χ0v) is 18.9. The molecule has 1 saturated heterocycles. The minimum Gasteiger partial charge on any atom is -0.493 e. The number of rotatable bonds is 8. The maximum absolute atomic E-state index is 11.3. The lowest BCUT2D eigenvalue weighted by Gasteiger charge is -2.28. The van der Waals surface area contributed by atoms with Crippen LogP contribution in [0.25, 0.3) is 22.2 Å². The van der Waals surface area contributed by atoms with Gasteiger partial charge in [0.25, 0.3) is 0 Å². The average Bonchev–Trinajstić information content (AvgIpc) is 3.19. The summed E-state index contributed by atoms with van der Waals surface area (Å²) in [6, 6.07) is 9.79. The summed E-state index contributed by atoms with van der Waals surface area (Å²) in [5.74, 6) is 1.57. The molecular weight excluding hydrogens is 412 g/mol. The Bertz CT molecular complexity index is 1120. The van der Waals surface area contributed by atoms with Gasteiger partial charge in [0.15, 0.2) is 0 Å². The van der Waals surface area contributed by atoms with Crippen LogP contribution in [0.2, 0.25) is 0 Å². The maximum Gasteiger partial charge on any atom is 0.209 e. The summed E-state index contributed by atoms with van der Waals surface area (Å²) in [4.78, 5) is 10.1. The molecule has 8 heteroatoms. The third-order valence-corrected chi connectivity index (χ3v) is 6.63. The number of likely N-dealkylation sites (tertiary alicyclic amines) is 1. The first-order valence-electron chi connectivity index (χ1n) is 10.7. The number of nitrogens with zero attached hydrogens (tertiary/aromatic N) is 2. The van der Waals surface area contributed by atoms with Crippen LogP contribution in [-0.2, 0) is 16.6 Å². The van der Waals surface area contributed by atoms with Crippen molar-refractivity contribution in [3.05, 3.63) is 48.3 Å². The number of hydrogen-bond donors (Lipinski definition) is 2. The van der Waals surface area contributed by atoms with E-state index in [2.05, 4.69) is 26.6 Å².